The van der Waals surface area contributed by atoms with Crippen molar-refractivity contribution in [3.63, 3.8) is 0 Å². The number of halogens is 3. The number of carbonyl (C=O) groups excluding carboxylic acids is 1. The van der Waals surface area contributed by atoms with Crippen LogP contribution < -0.4 is 11.1 Å². The van der Waals surface area contributed by atoms with Crippen LogP contribution in [0.4, 0.5) is 13.2 Å². The average molecular weight is 264 g/mol. The van der Waals surface area contributed by atoms with E-state index in [2.05, 4.69) is 5.10 Å². The van der Waals surface area contributed by atoms with Crippen molar-refractivity contribution in [2.45, 2.75) is 33.1 Å². The molecule has 102 valence electrons. The Balaban J connectivity index is 2.65. The van der Waals surface area contributed by atoms with Gasteiger partial charge in [0.2, 0.25) is 5.91 Å². The Kier molecular flexibility index (Phi) is 4.33. The quantitative estimate of drug-likeness (QED) is 0.838. The predicted molar refractivity (Wildman–Crippen MR) is 58.7 cm³/mol. The van der Waals surface area contributed by atoms with Gasteiger partial charge in [0.15, 0.2) is 0 Å². The molecule has 0 aliphatic heterocycles. The molecule has 1 amide bonds. The molecule has 0 radical (unpaired) electrons. The molecule has 0 saturated carbocycles. The maximum Gasteiger partial charge on any atom is 0.405 e. The van der Waals surface area contributed by atoms with Crippen LogP contribution in [0.5, 0.6) is 0 Å². The molecule has 0 saturated heterocycles. The smallest absolute Gasteiger partial charge is 0.345 e. The molecular formula is C10H15F3N4O. The molecule has 0 aliphatic carbocycles. The monoisotopic (exact) mass is 264 g/mol. The topological polar surface area (TPSA) is 72.9 Å². The van der Waals surface area contributed by atoms with E-state index in [0.717, 1.165) is 5.56 Å². The molecule has 0 fully saturated rings. The van der Waals surface area contributed by atoms with Crippen molar-refractivity contribution in [2.24, 2.45) is 5.73 Å². The number of hydrogen-bond donors (Lipinski definition) is 2. The summed E-state index contributed by atoms with van der Waals surface area (Å²) in [6, 6.07) is 0. The van der Waals surface area contributed by atoms with Crippen LogP contribution in [0.15, 0.2) is 0 Å². The summed E-state index contributed by atoms with van der Waals surface area (Å²) in [4.78, 5) is 11.3. The van der Waals surface area contributed by atoms with Gasteiger partial charge in [0.05, 0.1) is 5.69 Å². The van der Waals surface area contributed by atoms with Crippen molar-refractivity contribution in [1.29, 1.82) is 0 Å². The van der Waals surface area contributed by atoms with Crippen molar-refractivity contribution in [3.8, 4) is 0 Å². The van der Waals surface area contributed by atoms with E-state index in [1.54, 1.807) is 19.2 Å². The third-order valence-electron chi connectivity index (χ3n) is 2.51. The fourth-order valence-electron chi connectivity index (χ4n) is 1.57. The first-order chi connectivity index (χ1) is 8.24. The van der Waals surface area contributed by atoms with Crippen LogP contribution >= 0.6 is 0 Å². The van der Waals surface area contributed by atoms with Crippen LogP contribution in [0.3, 0.4) is 0 Å². The molecule has 0 unspecified atom stereocenters. The van der Waals surface area contributed by atoms with Crippen LogP contribution in [0.2, 0.25) is 0 Å². The molecule has 3 N–H and O–H groups in total. The van der Waals surface area contributed by atoms with Gasteiger partial charge in [-0.05, 0) is 13.8 Å². The van der Waals surface area contributed by atoms with E-state index >= 15 is 0 Å². The minimum absolute atomic E-state index is 0.247. The molecule has 1 rings (SSSR count). The summed E-state index contributed by atoms with van der Waals surface area (Å²) in [5, 5.41) is 5.85. The highest BCUT2D eigenvalue weighted by atomic mass is 19.4. The number of nitrogens with two attached hydrogens (primary N) is 1. The Morgan fingerprint density at radius 2 is 2.06 bits per heavy atom. The third kappa shape index (κ3) is 3.73. The molecule has 1 aromatic rings. The molecule has 8 heteroatoms. The minimum atomic E-state index is -4.41. The zero-order valence-electron chi connectivity index (χ0n) is 10.1. The summed E-state index contributed by atoms with van der Waals surface area (Å²) in [5.41, 5.74) is 7.68. The third-order valence-corrected chi connectivity index (χ3v) is 2.51. The number of aromatic nitrogens is 2. The van der Waals surface area contributed by atoms with Crippen LogP contribution in [-0.2, 0) is 17.9 Å². The molecule has 0 bridgehead atoms. The summed E-state index contributed by atoms with van der Waals surface area (Å²) >= 11 is 0. The number of rotatable bonds is 4. The van der Waals surface area contributed by atoms with E-state index in [1.807, 2.05) is 0 Å². The molecule has 1 aromatic heterocycles. The van der Waals surface area contributed by atoms with Crippen molar-refractivity contribution < 1.29 is 18.0 Å². The van der Waals surface area contributed by atoms with E-state index in [4.69, 9.17) is 5.73 Å². The van der Waals surface area contributed by atoms with E-state index in [-0.39, 0.29) is 13.1 Å². The maximum absolute atomic E-state index is 11.9. The summed E-state index contributed by atoms with van der Waals surface area (Å²) in [7, 11) is 0. The van der Waals surface area contributed by atoms with Gasteiger partial charge in [0.25, 0.3) is 0 Å². The highest BCUT2D eigenvalue weighted by molar-refractivity contribution is 5.75. The van der Waals surface area contributed by atoms with Gasteiger partial charge >= 0.3 is 6.18 Å². The number of aryl methyl sites for hydroxylation is 1. The average Bonchev–Trinajstić information content (AvgIpc) is 2.50. The Hall–Kier alpha value is -1.57. The zero-order valence-corrected chi connectivity index (χ0v) is 10.1. The number of hydrogen-bond acceptors (Lipinski definition) is 3. The lowest BCUT2D eigenvalue weighted by atomic mass is 10.2. The van der Waals surface area contributed by atoms with Gasteiger partial charge < -0.3 is 11.1 Å². The summed E-state index contributed by atoms with van der Waals surface area (Å²) < 4.78 is 37.1. The first kappa shape index (κ1) is 14.5. The fraction of sp³-hybridized carbons (Fsp3) is 0.600. The Bertz CT molecular complexity index is 439. The number of amides is 1. The van der Waals surface area contributed by atoms with Gasteiger partial charge in [0.1, 0.15) is 13.1 Å². The highest BCUT2D eigenvalue weighted by Crippen LogP contribution is 2.13. The van der Waals surface area contributed by atoms with Crippen LogP contribution in [0.1, 0.15) is 17.0 Å². The second-order valence-corrected chi connectivity index (χ2v) is 3.90. The van der Waals surface area contributed by atoms with Crippen molar-refractivity contribution in [3.05, 3.63) is 17.0 Å². The maximum atomic E-state index is 11.9. The number of nitrogens with zero attached hydrogens (tertiary/aromatic N) is 2. The van der Waals surface area contributed by atoms with Gasteiger partial charge in [-0.2, -0.15) is 18.3 Å². The van der Waals surface area contributed by atoms with Crippen molar-refractivity contribution in [1.82, 2.24) is 15.1 Å². The molecule has 0 spiro atoms. The second kappa shape index (κ2) is 5.38. The number of nitrogens with one attached hydrogen (secondary N) is 1. The van der Waals surface area contributed by atoms with Gasteiger partial charge in [0, 0.05) is 17.8 Å². The Labute approximate surface area is 102 Å². The van der Waals surface area contributed by atoms with E-state index in [9.17, 15) is 18.0 Å². The summed E-state index contributed by atoms with van der Waals surface area (Å²) in [6.07, 6.45) is -4.41. The standard InChI is InChI=1S/C10H15F3N4O/c1-6-8(3-14)7(2)17(16-6)4-9(18)15-5-10(11,12)13/h3-5,14H2,1-2H3,(H,15,18). The largest absolute Gasteiger partial charge is 0.405 e. The lowest BCUT2D eigenvalue weighted by Crippen LogP contribution is -2.36. The van der Waals surface area contributed by atoms with Crippen LogP contribution in [0, 0.1) is 13.8 Å². The van der Waals surface area contributed by atoms with Crippen LogP contribution in [-0.4, -0.2) is 28.4 Å². The summed E-state index contributed by atoms with van der Waals surface area (Å²) in [5.74, 6) is -0.735. The Morgan fingerprint density at radius 3 is 2.50 bits per heavy atom. The van der Waals surface area contributed by atoms with Crippen molar-refractivity contribution in [2.75, 3.05) is 6.54 Å². The lowest BCUT2D eigenvalue weighted by Gasteiger charge is -2.09. The van der Waals surface area contributed by atoms with E-state index in [0.29, 0.717) is 11.4 Å². The molecule has 0 atom stereocenters. The molecule has 1 heterocycles. The number of carbonyl (C=O) groups is 1. The van der Waals surface area contributed by atoms with Gasteiger partial charge in [-0.25, -0.2) is 0 Å². The minimum Gasteiger partial charge on any atom is -0.345 e. The van der Waals surface area contributed by atoms with E-state index < -0.39 is 18.6 Å². The first-order valence-electron chi connectivity index (χ1n) is 5.31. The van der Waals surface area contributed by atoms with Crippen molar-refractivity contribution >= 4 is 5.91 Å². The second-order valence-electron chi connectivity index (χ2n) is 3.90. The van der Waals surface area contributed by atoms with E-state index in [1.165, 1.54) is 4.68 Å². The van der Waals surface area contributed by atoms with Gasteiger partial charge in [-0.3, -0.25) is 9.48 Å². The Morgan fingerprint density at radius 1 is 1.44 bits per heavy atom. The predicted octanol–water partition coefficient (Wildman–Crippen LogP) is 0.637. The summed E-state index contributed by atoms with van der Waals surface area (Å²) in [6.45, 7) is 2.15. The molecular weight excluding hydrogens is 249 g/mol. The molecule has 0 aliphatic rings. The number of alkyl halides is 3. The van der Waals surface area contributed by atoms with Gasteiger partial charge in [-0.1, -0.05) is 0 Å². The fourth-order valence-corrected chi connectivity index (χ4v) is 1.57. The lowest BCUT2D eigenvalue weighted by molar-refractivity contribution is -0.138. The molecule has 18 heavy (non-hydrogen) atoms. The molecule has 0 aromatic carbocycles. The SMILES string of the molecule is Cc1nn(CC(=O)NCC(F)(F)F)c(C)c1CN. The highest BCUT2D eigenvalue weighted by Gasteiger charge is 2.27. The first-order valence-corrected chi connectivity index (χ1v) is 5.31. The molecule has 5 nitrogen and oxygen atoms in total. The van der Waals surface area contributed by atoms with Gasteiger partial charge in [-0.15, -0.1) is 0 Å². The van der Waals surface area contributed by atoms with Crippen LogP contribution in [0.25, 0.3) is 0 Å². The zero-order chi connectivity index (χ0) is 13.9. The normalized spacial score (nSPS) is 11.7.